The summed E-state index contributed by atoms with van der Waals surface area (Å²) >= 11 is 2.16. The molecule has 0 unspecified atom stereocenters. The van der Waals surface area contributed by atoms with Crippen LogP contribution in [0.3, 0.4) is 0 Å². The minimum absolute atomic E-state index is 0.270. The molecule has 1 N–H and O–H groups in total. The molecule has 0 fully saturated rings. The first-order valence-corrected chi connectivity index (χ1v) is 5.70. The summed E-state index contributed by atoms with van der Waals surface area (Å²) in [5, 5.41) is 13.1. The molecule has 16 heavy (non-hydrogen) atoms. The van der Waals surface area contributed by atoms with Crippen molar-refractivity contribution in [1.82, 2.24) is 9.78 Å². The Hall–Kier alpha value is -1.37. The maximum atomic E-state index is 10.9. The highest BCUT2D eigenvalue weighted by molar-refractivity contribution is 14.1. The number of aromatic nitrogens is 2. The van der Waals surface area contributed by atoms with E-state index in [0.717, 1.165) is 14.8 Å². The zero-order chi connectivity index (χ0) is 11.7. The zero-order valence-corrected chi connectivity index (χ0v) is 10.7. The van der Waals surface area contributed by atoms with E-state index in [1.165, 1.54) is 0 Å². The fourth-order valence-corrected chi connectivity index (χ4v) is 1.81. The largest absolute Gasteiger partial charge is 0.478 e. The average molecular weight is 328 g/mol. The average Bonchev–Trinajstić information content (AvgIpc) is 2.65. The number of aromatic carboxylic acids is 1. The molecular weight excluding hydrogens is 319 g/mol. The highest BCUT2D eigenvalue weighted by atomic mass is 127. The topological polar surface area (TPSA) is 55.1 Å². The van der Waals surface area contributed by atoms with E-state index in [-0.39, 0.29) is 5.56 Å². The van der Waals surface area contributed by atoms with E-state index >= 15 is 0 Å². The molecule has 4 nitrogen and oxygen atoms in total. The lowest BCUT2D eigenvalue weighted by atomic mass is 10.1. The van der Waals surface area contributed by atoms with Gasteiger partial charge in [-0.1, -0.05) is 6.07 Å². The molecule has 5 heteroatoms. The summed E-state index contributed by atoms with van der Waals surface area (Å²) in [6, 6.07) is 5.00. The molecule has 0 amide bonds. The van der Waals surface area contributed by atoms with Crippen molar-refractivity contribution < 1.29 is 9.90 Å². The molecule has 0 aliphatic heterocycles. The Balaban J connectivity index is 2.55. The van der Waals surface area contributed by atoms with E-state index in [1.807, 2.05) is 13.1 Å². The van der Waals surface area contributed by atoms with Crippen molar-refractivity contribution in [2.45, 2.75) is 6.92 Å². The number of benzene rings is 1. The van der Waals surface area contributed by atoms with Gasteiger partial charge in [0.15, 0.2) is 0 Å². The molecule has 0 bridgehead atoms. The maximum Gasteiger partial charge on any atom is 0.335 e. The van der Waals surface area contributed by atoms with Crippen LogP contribution in [-0.2, 0) is 0 Å². The lowest BCUT2D eigenvalue weighted by molar-refractivity contribution is 0.0697. The Morgan fingerprint density at radius 2 is 2.25 bits per heavy atom. The van der Waals surface area contributed by atoms with Crippen molar-refractivity contribution in [3.8, 4) is 5.69 Å². The van der Waals surface area contributed by atoms with Gasteiger partial charge in [0.1, 0.15) is 0 Å². The third-order valence-corrected chi connectivity index (χ3v) is 2.81. The normalized spacial score (nSPS) is 10.4. The molecule has 2 aromatic rings. The second kappa shape index (κ2) is 4.25. The number of carbonyl (C=O) groups is 1. The van der Waals surface area contributed by atoms with Crippen LogP contribution in [0.5, 0.6) is 0 Å². The van der Waals surface area contributed by atoms with Gasteiger partial charge in [0.25, 0.3) is 0 Å². The monoisotopic (exact) mass is 328 g/mol. The summed E-state index contributed by atoms with van der Waals surface area (Å²) in [7, 11) is 0. The Labute approximate surface area is 106 Å². The molecule has 82 valence electrons. The van der Waals surface area contributed by atoms with Crippen molar-refractivity contribution in [2.24, 2.45) is 0 Å². The van der Waals surface area contributed by atoms with Crippen LogP contribution in [-0.4, -0.2) is 20.9 Å². The molecule has 0 saturated heterocycles. The van der Waals surface area contributed by atoms with Gasteiger partial charge < -0.3 is 5.11 Å². The second-order valence-electron chi connectivity index (χ2n) is 3.41. The fourth-order valence-electron chi connectivity index (χ4n) is 1.42. The molecule has 0 radical (unpaired) electrons. The number of nitrogens with zero attached hydrogens (tertiary/aromatic N) is 2. The highest BCUT2D eigenvalue weighted by Gasteiger charge is 2.08. The van der Waals surface area contributed by atoms with Crippen molar-refractivity contribution in [3.05, 3.63) is 45.3 Å². The van der Waals surface area contributed by atoms with Gasteiger partial charge in [0, 0.05) is 6.20 Å². The van der Waals surface area contributed by atoms with Crippen LogP contribution in [0.25, 0.3) is 5.69 Å². The Kier molecular flexibility index (Phi) is 2.95. The van der Waals surface area contributed by atoms with E-state index in [9.17, 15) is 4.79 Å². The molecule has 0 saturated carbocycles. The van der Waals surface area contributed by atoms with Crippen LogP contribution in [0, 0.1) is 10.5 Å². The molecule has 2 rings (SSSR count). The fraction of sp³-hybridized carbons (Fsp3) is 0.0909. The minimum atomic E-state index is -0.928. The molecule has 0 aliphatic rings. The van der Waals surface area contributed by atoms with Gasteiger partial charge in [-0.15, -0.1) is 0 Å². The van der Waals surface area contributed by atoms with Gasteiger partial charge >= 0.3 is 5.97 Å². The summed E-state index contributed by atoms with van der Waals surface area (Å²) in [5.74, 6) is -0.928. The third-order valence-electron chi connectivity index (χ3n) is 2.25. The van der Waals surface area contributed by atoms with Crippen molar-refractivity contribution in [2.75, 3.05) is 0 Å². The van der Waals surface area contributed by atoms with E-state index in [0.29, 0.717) is 0 Å². The summed E-state index contributed by atoms with van der Waals surface area (Å²) < 4.78 is 2.70. The van der Waals surface area contributed by atoms with Crippen LogP contribution in [0.1, 0.15) is 15.9 Å². The van der Waals surface area contributed by atoms with Gasteiger partial charge in [0.05, 0.1) is 21.0 Å². The SMILES string of the molecule is Cc1ccc(C(=O)O)cc1-n1cc(I)cn1. The van der Waals surface area contributed by atoms with Crippen LogP contribution in [0.4, 0.5) is 0 Å². The number of carboxylic acids is 1. The molecular formula is C11H9IN2O2. The lowest BCUT2D eigenvalue weighted by Gasteiger charge is -2.06. The predicted octanol–water partition coefficient (Wildman–Crippen LogP) is 2.48. The Bertz CT molecular complexity index is 549. The summed E-state index contributed by atoms with van der Waals surface area (Å²) in [5.41, 5.74) is 2.05. The van der Waals surface area contributed by atoms with Gasteiger partial charge in [0.2, 0.25) is 0 Å². The summed E-state index contributed by atoms with van der Waals surface area (Å²) in [4.78, 5) is 10.9. The highest BCUT2D eigenvalue weighted by Crippen LogP contribution is 2.16. The van der Waals surface area contributed by atoms with Crippen molar-refractivity contribution >= 4 is 28.6 Å². The van der Waals surface area contributed by atoms with Gasteiger partial charge in [-0.3, -0.25) is 0 Å². The first kappa shape index (κ1) is 11.1. The van der Waals surface area contributed by atoms with Gasteiger partial charge in [-0.2, -0.15) is 5.10 Å². The van der Waals surface area contributed by atoms with Crippen LogP contribution in [0.2, 0.25) is 0 Å². The molecule has 1 heterocycles. The quantitative estimate of drug-likeness (QED) is 0.862. The first-order chi connectivity index (χ1) is 7.58. The number of carboxylic acid groups (broad SMARTS) is 1. The maximum absolute atomic E-state index is 10.9. The number of hydrogen-bond acceptors (Lipinski definition) is 2. The number of aryl methyl sites for hydroxylation is 1. The van der Waals surface area contributed by atoms with Gasteiger partial charge in [-0.25, -0.2) is 9.48 Å². The first-order valence-electron chi connectivity index (χ1n) is 4.62. The summed E-state index contributed by atoms with van der Waals surface area (Å²) in [6.45, 7) is 1.93. The van der Waals surface area contributed by atoms with Crippen LogP contribution < -0.4 is 0 Å². The van der Waals surface area contributed by atoms with Gasteiger partial charge in [-0.05, 0) is 47.2 Å². The van der Waals surface area contributed by atoms with Crippen molar-refractivity contribution in [1.29, 1.82) is 0 Å². The predicted molar refractivity (Wildman–Crippen MR) is 68.0 cm³/mol. The molecule has 0 atom stereocenters. The molecule has 0 spiro atoms. The minimum Gasteiger partial charge on any atom is -0.478 e. The number of hydrogen-bond donors (Lipinski definition) is 1. The number of halogens is 1. The molecule has 1 aromatic heterocycles. The lowest BCUT2D eigenvalue weighted by Crippen LogP contribution is -2.02. The number of rotatable bonds is 2. The van der Waals surface area contributed by atoms with Crippen molar-refractivity contribution in [3.63, 3.8) is 0 Å². The van der Waals surface area contributed by atoms with E-state index in [1.54, 1.807) is 29.1 Å². The van der Waals surface area contributed by atoms with Crippen LogP contribution >= 0.6 is 22.6 Å². The van der Waals surface area contributed by atoms with E-state index < -0.39 is 5.97 Å². The molecule has 0 aliphatic carbocycles. The molecule has 1 aromatic carbocycles. The zero-order valence-electron chi connectivity index (χ0n) is 8.51. The second-order valence-corrected chi connectivity index (χ2v) is 4.66. The van der Waals surface area contributed by atoms with E-state index in [4.69, 9.17) is 5.11 Å². The van der Waals surface area contributed by atoms with E-state index in [2.05, 4.69) is 27.7 Å². The smallest absolute Gasteiger partial charge is 0.335 e. The summed E-state index contributed by atoms with van der Waals surface area (Å²) in [6.07, 6.45) is 3.59. The Morgan fingerprint density at radius 3 is 2.81 bits per heavy atom. The Morgan fingerprint density at radius 1 is 1.50 bits per heavy atom. The third kappa shape index (κ3) is 2.08. The van der Waals surface area contributed by atoms with Crippen LogP contribution in [0.15, 0.2) is 30.6 Å². The standard InChI is InChI=1S/C11H9IN2O2/c1-7-2-3-8(11(15)16)4-10(7)14-6-9(12)5-13-14/h2-6H,1H3,(H,15,16).